The fourth-order valence-electron chi connectivity index (χ4n) is 3.48. The molecule has 0 atom stereocenters. The lowest BCUT2D eigenvalue weighted by Gasteiger charge is -2.32. The van der Waals surface area contributed by atoms with E-state index < -0.39 is 21.7 Å². The summed E-state index contributed by atoms with van der Waals surface area (Å²) in [5.74, 6) is 0.411. The summed E-state index contributed by atoms with van der Waals surface area (Å²) in [6.07, 6.45) is 3.37. The minimum Gasteiger partial charge on any atom is -0.465 e. The number of amides is 1. The SMILES string of the molecule is CN(CC1CCN(C(=O)O)CC1)c1cc(Nc2ccc(S(C)(=O)=O)cc2F)ccn1. The van der Waals surface area contributed by atoms with Gasteiger partial charge in [-0.1, -0.05) is 0 Å². The maximum atomic E-state index is 14.3. The van der Waals surface area contributed by atoms with Crippen LogP contribution in [0.4, 0.5) is 26.4 Å². The monoisotopic (exact) mass is 436 g/mol. The molecule has 0 saturated carbocycles. The minimum absolute atomic E-state index is 0.0744. The van der Waals surface area contributed by atoms with Gasteiger partial charge in [0, 0.05) is 50.9 Å². The van der Waals surface area contributed by atoms with E-state index in [2.05, 4.69) is 10.3 Å². The first-order valence-electron chi connectivity index (χ1n) is 9.55. The van der Waals surface area contributed by atoms with E-state index in [4.69, 9.17) is 5.11 Å². The Bertz CT molecular complexity index is 1020. The molecule has 1 aliphatic rings. The van der Waals surface area contributed by atoms with E-state index >= 15 is 0 Å². The zero-order chi connectivity index (χ0) is 21.9. The Morgan fingerprint density at radius 3 is 2.60 bits per heavy atom. The first-order chi connectivity index (χ1) is 14.1. The third-order valence-electron chi connectivity index (χ3n) is 5.20. The van der Waals surface area contributed by atoms with Crippen molar-refractivity contribution < 1.29 is 22.7 Å². The maximum Gasteiger partial charge on any atom is 0.407 e. The average molecular weight is 437 g/mol. The van der Waals surface area contributed by atoms with Crippen LogP contribution in [0.3, 0.4) is 0 Å². The Hall–Kier alpha value is -2.88. The number of hydrogen-bond acceptors (Lipinski definition) is 6. The van der Waals surface area contributed by atoms with Crippen molar-refractivity contribution in [3.8, 4) is 0 Å². The first-order valence-corrected chi connectivity index (χ1v) is 11.4. The molecule has 2 aromatic rings. The van der Waals surface area contributed by atoms with E-state index in [1.165, 1.54) is 17.0 Å². The first kappa shape index (κ1) is 21.8. The summed E-state index contributed by atoms with van der Waals surface area (Å²) in [5, 5.41) is 12.0. The highest BCUT2D eigenvalue weighted by molar-refractivity contribution is 7.90. The van der Waals surface area contributed by atoms with E-state index in [1.807, 2.05) is 11.9 Å². The maximum absolute atomic E-state index is 14.3. The van der Waals surface area contributed by atoms with Crippen molar-refractivity contribution in [2.75, 3.05) is 43.2 Å². The molecule has 162 valence electrons. The third-order valence-corrected chi connectivity index (χ3v) is 6.31. The van der Waals surface area contributed by atoms with Crippen LogP contribution < -0.4 is 10.2 Å². The molecular formula is C20H25FN4O4S. The number of nitrogens with one attached hydrogen (secondary N) is 1. The van der Waals surface area contributed by atoms with Crippen LogP contribution in [0, 0.1) is 11.7 Å². The van der Waals surface area contributed by atoms with Crippen LogP contribution in [0.2, 0.25) is 0 Å². The van der Waals surface area contributed by atoms with Gasteiger partial charge >= 0.3 is 6.09 Å². The van der Waals surface area contributed by atoms with Gasteiger partial charge in [-0.05, 0) is 43.0 Å². The summed E-state index contributed by atoms with van der Waals surface area (Å²) >= 11 is 0. The lowest BCUT2D eigenvalue weighted by Crippen LogP contribution is -2.40. The van der Waals surface area contributed by atoms with Gasteiger partial charge in [-0.25, -0.2) is 22.6 Å². The number of piperidine rings is 1. The van der Waals surface area contributed by atoms with Crippen LogP contribution in [-0.4, -0.2) is 62.4 Å². The predicted octanol–water partition coefficient (Wildman–Crippen LogP) is 3.19. The van der Waals surface area contributed by atoms with Gasteiger partial charge < -0.3 is 20.2 Å². The highest BCUT2D eigenvalue weighted by Crippen LogP contribution is 2.26. The number of carboxylic acid groups (broad SMARTS) is 1. The number of hydrogen-bond donors (Lipinski definition) is 2. The van der Waals surface area contributed by atoms with E-state index in [9.17, 15) is 17.6 Å². The molecule has 8 nitrogen and oxygen atoms in total. The molecule has 1 aromatic carbocycles. The summed E-state index contributed by atoms with van der Waals surface area (Å²) in [5.41, 5.74) is 0.793. The smallest absolute Gasteiger partial charge is 0.407 e. The Balaban J connectivity index is 1.65. The molecule has 1 aliphatic heterocycles. The highest BCUT2D eigenvalue weighted by Gasteiger charge is 2.23. The van der Waals surface area contributed by atoms with Crippen molar-refractivity contribution in [2.45, 2.75) is 17.7 Å². The molecule has 1 fully saturated rings. The zero-order valence-corrected chi connectivity index (χ0v) is 17.7. The van der Waals surface area contributed by atoms with Crippen LogP contribution in [0.15, 0.2) is 41.4 Å². The van der Waals surface area contributed by atoms with Crippen molar-refractivity contribution in [3.05, 3.63) is 42.3 Å². The Labute approximate surface area is 175 Å². The Morgan fingerprint density at radius 1 is 1.30 bits per heavy atom. The lowest BCUT2D eigenvalue weighted by molar-refractivity contribution is 0.125. The molecule has 1 aromatic heterocycles. The number of sulfone groups is 1. The van der Waals surface area contributed by atoms with Gasteiger partial charge in [-0.3, -0.25) is 0 Å². The van der Waals surface area contributed by atoms with E-state index in [0.717, 1.165) is 31.7 Å². The van der Waals surface area contributed by atoms with Crippen LogP contribution in [-0.2, 0) is 9.84 Å². The molecule has 1 saturated heterocycles. The van der Waals surface area contributed by atoms with Gasteiger partial charge in [0.2, 0.25) is 0 Å². The second kappa shape index (κ2) is 8.86. The summed E-state index contributed by atoms with van der Waals surface area (Å²) < 4.78 is 37.4. The Morgan fingerprint density at radius 2 is 2.00 bits per heavy atom. The minimum atomic E-state index is -3.48. The number of likely N-dealkylation sites (tertiary alicyclic amines) is 1. The second-order valence-corrected chi connectivity index (χ2v) is 9.55. The standard InChI is InChI=1S/C20H25FN4O4S/c1-24(13-14-6-9-25(10-7-14)20(26)27)19-11-15(5-8-22-19)23-18-4-3-16(12-17(18)21)30(2,28)29/h3-5,8,11-12,14H,6-7,9-10,13H2,1-2H3,(H,22,23)(H,26,27). The average Bonchev–Trinajstić information content (AvgIpc) is 2.69. The van der Waals surface area contributed by atoms with E-state index in [1.54, 1.807) is 18.3 Å². The molecule has 0 unspecified atom stereocenters. The zero-order valence-electron chi connectivity index (χ0n) is 16.9. The molecule has 1 amide bonds. The van der Waals surface area contributed by atoms with Crippen molar-refractivity contribution in [1.29, 1.82) is 0 Å². The van der Waals surface area contributed by atoms with Crippen molar-refractivity contribution >= 4 is 33.1 Å². The predicted molar refractivity (Wildman–Crippen MR) is 113 cm³/mol. The molecule has 0 spiro atoms. The summed E-state index contributed by atoms with van der Waals surface area (Å²) in [4.78, 5) is 18.7. The number of benzene rings is 1. The van der Waals surface area contributed by atoms with Gasteiger partial charge in [-0.2, -0.15) is 0 Å². The fourth-order valence-corrected chi connectivity index (χ4v) is 4.11. The van der Waals surface area contributed by atoms with E-state index in [0.29, 0.717) is 30.5 Å². The molecule has 2 N–H and O–H groups in total. The number of carbonyl (C=O) groups is 1. The number of aromatic nitrogens is 1. The summed E-state index contributed by atoms with van der Waals surface area (Å²) in [7, 11) is -1.56. The Kier molecular flexibility index (Phi) is 6.45. The van der Waals surface area contributed by atoms with Crippen LogP contribution in [0.25, 0.3) is 0 Å². The van der Waals surface area contributed by atoms with Crippen LogP contribution in [0.5, 0.6) is 0 Å². The second-order valence-electron chi connectivity index (χ2n) is 7.54. The molecular weight excluding hydrogens is 411 g/mol. The van der Waals surface area contributed by atoms with Gasteiger partial charge in [-0.15, -0.1) is 0 Å². The number of pyridine rings is 1. The molecule has 0 radical (unpaired) electrons. The molecule has 30 heavy (non-hydrogen) atoms. The van der Waals surface area contributed by atoms with Crippen molar-refractivity contribution in [3.63, 3.8) is 0 Å². The summed E-state index contributed by atoms with van der Waals surface area (Å²) in [6.45, 7) is 1.80. The number of anilines is 3. The van der Waals surface area contributed by atoms with Crippen LogP contribution >= 0.6 is 0 Å². The topological polar surface area (TPSA) is 103 Å². The number of nitrogens with zero attached hydrogens (tertiary/aromatic N) is 3. The largest absolute Gasteiger partial charge is 0.465 e. The molecule has 10 heteroatoms. The number of halogens is 1. The molecule has 0 aliphatic carbocycles. The van der Waals surface area contributed by atoms with Gasteiger partial charge in [0.25, 0.3) is 0 Å². The fraction of sp³-hybridized carbons (Fsp3) is 0.400. The van der Waals surface area contributed by atoms with Gasteiger partial charge in [0.1, 0.15) is 11.6 Å². The molecule has 2 heterocycles. The highest BCUT2D eigenvalue weighted by atomic mass is 32.2. The number of rotatable bonds is 6. The lowest BCUT2D eigenvalue weighted by atomic mass is 9.96. The van der Waals surface area contributed by atoms with Gasteiger partial charge in [0.15, 0.2) is 9.84 Å². The normalized spacial score (nSPS) is 15.1. The molecule has 0 bridgehead atoms. The van der Waals surface area contributed by atoms with Gasteiger partial charge in [0.05, 0.1) is 10.6 Å². The van der Waals surface area contributed by atoms with Crippen LogP contribution in [0.1, 0.15) is 12.8 Å². The molecule has 3 rings (SSSR count). The summed E-state index contributed by atoms with van der Waals surface area (Å²) in [6, 6.07) is 7.24. The van der Waals surface area contributed by atoms with E-state index in [-0.39, 0.29) is 10.6 Å². The third kappa shape index (κ3) is 5.38. The van der Waals surface area contributed by atoms with Crippen molar-refractivity contribution in [2.24, 2.45) is 5.92 Å². The quantitative estimate of drug-likeness (QED) is 0.717. The van der Waals surface area contributed by atoms with Crippen molar-refractivity contribution in [1.82, 2.24) is 9.88 Å².